The van der Waals surface area contributed by atoms with Gasteiger partial charge >= 0.3 is 11.9 Å². The molecule has 0 bridgehead atoms. The Bertz CT molecular complexity index is 2040. The number of esters is 2. The van der Waals surface area contributed by atoms with Crippen LogP contribution in [0.5, 0.6) is 5.75 Å². The minimum Gasteiger partial charge on any atom is -0.490 e. The van der Waals surface area contributed by atoms with Crippen LogP contribution in [0, 0.1) is 18.8 Å². The third kappa shape index (κ3) is 10.9. The van der Waals surface area contributed by atoms with Gasteiger partial charge in [-0.2, -0.15) is 0 Å². The molecule has 0 aromatic heterocycles. The van der Waals surface area contributed by atoms with Crippen molar-refractivity contribution in [3.8, 4) is 28.7 Å². The highest BCUT2D eigenvalue weighted by molar-refractivity contribution is 6.09. The topological polar surface area (TPSA) is 163 Å². The molecule has 1 fully saturated rings. The van der Waals surface area contributed by atoms with E-state index in [0.29, 0.717) is 33.7 Å². The number of amides is 2. The van der Waals surface area contributed by atoms with Crippen molar-refractivity contribution in [3.63, 3.8) is 0 Å². The predicted octanol–water partition coefficient (Wildman–Crippen LogP) is 5.61. The second-order valence-corrected chi connectivity index (χ2v) is 12.4. The van der Waals surface area contributed by atoms with Crippen LogP contribution in [0.3, 0.4) is 0 Å². The fraction of sp³-hybridized carbons (Fsp3) is 0.262. The van der Waals surface area contributed by atoms with E-state index in [2.05, 4.69) is 22.5 Å². The van der Waals surface area contributed by atoms with Crippen molar-refractivity contribution in [2.24, 2.45) is 5.73 Å². The summed E-state index contributed by atoms with van der Waals surface area (Å²) >= 11 is 0. The molecule has 53 heavy (non-hydrogen) atoms. The number of methoxy groups -OCH3 is 1. The Balaban J connectivity index is 1.02. The molecule has 2 amide bonds. The Hall–Kier alpha value is -6.25. The largest absolute Gasteiger partial charge is 0.490 e. The molecule has 5 rings (SSSR count). The van der Waals surface area contributed by atoms with Crippen molar-refractivity contribution >= 4 is 35.2 Å². The molecular weight excluding hydrogens is 674 g/mol. The van der Waals surface area contributed by atoms with Crippen molar-refractivity contribution in [1.29, 1.82) is 0 Å². The van der Waals surface area contributed by atoms with Gasteiger partial charge in [-0.3, -0.25) is 19.2 Å². The third-order valence-electron chi connectivity index (χ3n) is 8.42. The average Bonchev–Trinajstić information content (AvgIpc) is 3.99. The number of rotatable bonds is 15. The van der Waals surface area contributed by atoms with Gasteiger partial charge in [0, 0.05) is 46.8 Å². The standard InChI is InChI=1S/C42H41N3O8/c1-27-8-9-32(41(49)45-33-16-17-33)26-37(27)28-10-12-29(13-11-28)40(48)30-14-19-35(20-15-30)52-23-24-53-39(47)7-3-6-38(46)44-34-18-21-36(42(50)51-2)31(25-34)5-4-22-43/h8-15,18-21,25-26,33H,3,6-7,16-17,22-24,43H2,1-2H3,(H,44,46)(H,45,49). The lowest BCUT2D eigenvalue weighted by atomic mass is 9.95. The minimum absolute atomic E-state index is 0.0186. The van der Waals surface area contributed by atoms with Crippen LogP contribution < -0.4 is 21.1 Å². The molecule has 1 aliphatic carbocycles. The van der Waals surface area contributed by atoms with Crippen LogP contribution in [0.2, 0.25) is 0 Å². The molecule has 1 aliphatic rings. The van der Waals surface area contributed by atoms with Gasteiger partial charge in [0.15, 0.2) is 5.78 Å². The number of aryl methyl sites for hydroxylation is 1. The SMILES string of the molecule is COC(=O)c1ccc(NC(=O)CCCC(=O)OCCOc2ccc(C(=O)c3ccc(-c4cc(C(=O)NC5CC5)ccc4C)cc3)cc2)cc1C#CCN. The Kier molecular flexibility index (Phi) is 13.1. The minimum atomic E-state index is -0.553. The van der Waals surface area contributed by atoms with Gasteiger partial charge in [0.1, 0.15) is 19.0 Å². The summed E-state index contributed by atoms with van der Waals surface area (Å²) < 4.78 is 15.7. The van der Waals surface area contributed by atoms with E-state index in [-0.39, 0.29) is 68.2 Å². The van der Waals surface area contributed by atoms with Crippen molar-refractivity contribution in [2.75, 3.05) is 32.2 Å². The molecular formula is C42H41N3O8. The molecule has 0 aliphatic heterocycles. The molecule has 0 unspecified atom stereocenters. The number of nitrogens with two attached hydrogens (primary N) is 1. The van der Waals surface area contributed by atoms with Gasteiger partial charge in [-0.05, 0) is 97.5 Å². The zero-order valence-corrected chi connectivity index (χ0v) is 29.7. The first-order chi connectivity index (χ1) is 25.6. The molecule has 4 N–H and O–H groups in total. The quantitative estimate of drug-likeness (QED) is 0.0614. The molecule has 0 radical (unpaired) electrons. The fourth-order valence-electron chi connectivity index (χ4n) is 5.40. The smallest absolute Gasteiger partial charge is 0.339 e. The summed E-state index contributed by atoms with van der Waals surface area (Å²) in [6, 6.07) is 24.6. The van der Waals surface area contributed by atoms with E-state index in [1.807, 2.05) is 37.3 Å². The van der Waals surface area contributed by atoms with Crippen LogP contribution in [-0.2, 0) is 19.1 Å². The molecule has 0 atom stereocenters. The van der Waals surface area contributed by atoms with E-state index in [1.54, 1.807) is 48.5 Å². The summed E-state index contributed by atoms with van der Waals surface area (Å²) in [5.41, 5.74) is 11.1. The van der Waals surface area contributed by atoms with E-state index in [0.717, 1.165) is 29.5 Å². The van der Waals surface area contributed by atoms with E-state index >= 15 is 0 Å². The summed E-state index contributed by atoms with van der Waals surface area (Å²) in [7, 11) is 1.27. The Morgan fingerprint density at radius 1 is 0.830 bits per heavy atom. The van der Waals surface area contributed by atoms with E-state index in [1.165, 1.54) is 13.2 Å². The van der Waals surface area contributed by atoms with Gasteiger partial charge in [0.05, 0.1) is 19.2 Å². The summed E-state index contributed by atoms with van der Waals surface area (Å²) in [6.07, 6.45) is 2.45. The summed E-state index contributed by atoms with van der Waals surface area (Å²) in [6.45, 7) is 2.23. The maximum Gasteiger partial charge on any atom is 0.339 e. The number of hydrogen-bond donors (Lipinski definition) is 3. The van der Waals surface area contributed by atoms with Crippen molar-refractivity contribution in [1.82, 2.24) is 5.32 Å². The normalized spacial score (nSPS) is 11.8. The zero-order valence-electron chi connectivity index (χ0n) is 29.7. The van der Waals surface area contributed by atoms with Gasteiger partial charge in [-0.1, -0.05) is 42.2 Å². The number of benzene rings is 4. The number of hydrogen-bond acceptors (Lipinski definition) is 9. The van der Waals surface area contributed by atoms with Crippen molar-refractivity contribution in [2.45, 2.75) is 45.1 Å². The number of carbonyl (C=O) groups excluding carboxylic acids is 5. The second kappa shape index (κ2) is 18.3. The van der Waals surface area contributed by atoms with Gasteiger partial charge in [0.25, 0.3) is 5.91 Å². The van der Waals surface area contributed by atoms with Crippen LogP contribution in [-0.4, -0.2) is 62.4 Å². The molecule has 0 heterocycles. The number of anilines is 1. The Morgan fingerprint density at radius 2 is 1.53 bits per heavy atom. The van der Waals surface area contributed by atoms with Crippen LogP contribution in [0.1, 0.15) is 79.9 Å². The number of carbonyl (C=O) groups is 5. The molecule has 4 aromatic rings. The number of ketones is 1. The summed E-state index contributed by atoms with van der Waals surface area (Å²) in [5.74, 6) is 4.47. The molecule has 11 heteroatoms. The highest BCUT2D eigenvalue weighted by Gasteiger charge is 2.24. The lowest BCUT2D eigenvalue weighted by molar-refractivity contribution is -0.144. The van der Waals surface area contributed by atoms with E-state index in [4.69, 9.17) is 19.9 Å². The Labute approximate surface area is 308 Å². The zero-order chi connectivity index (χ0) is 37.7. The van der Waals surface area contributed by atoms with Gasteiger partial charge in [-0.25, -0.2) is 4.79 Å². The molecule has 0 spiro atoms. The second-order valence-electron chi connectivity index (χ2n) is 12.4. The average molecular weight is 716 g/mol. The first-order valence-corrected chi connectivity index (χ1v) is 17.3. The molecule has 4 aromatic carbocycles. The molecule has 11 nitrogen and oxygen atoms in total. The highest BCUT2D eigenvalue weighted by Crippen LogP contribution is 2.27. The number of nitrogens with one attached hydrogen (secondary N) is 2. The summed E-state index contributed by atoms with van der Waals surface area (Å²) in [4.78, 5) is 62.3. The van der Waals surface area contributed by atoms with Crippen LogP contribution in [0.4, 0.5) is 5.69 Å². The highest BCUT2D eigenvalue weighted by atomic mass is 16.6. The third-order valence-corrected chi connectivity index (χ3v) is 8.42. The molecule has 272 valence electrons. The van der Waals surface area contributed by atoms with E-state index < -0.39 is 11.9 Å². The van der Waals surface area contributed by atoms with Crippen LogP contribution >= 0.6 is 0 Å². The first kappa shape index (κ1) is 38.0. The predicted molar refractivity (Wildman–Crippen MR) is 200 cm³/mol. The molecule has 0 saturated heterocycles. The van der Waals surface area contributed by atoms with E-state index in [9.17, 15) is 24.0 Å². The maximum atomic E-state index is 13.2. The number of ether oxygens (including phenoxy) is 3. The van der Waals surface area contributed by atoms with Crippen LogP contribution in [0.15, 0.2) is 84.9 Å². The lowest BCUT2D eigenvalue weighted by Gasteiger charge is -2.11. The summed E-state index contributed by atoms with van der Waals surface area (Å²) in [5, 5.41) is 5.75. The van der Waals surface area contributed by atoms with Gasteiger partial charge in [-0.15, -0.1) is 0 Å². The Morgan fingerprint density at radius 3 is 2.21 bits per heavy atom. The first-order valence-electron chi connectivity index (χ1n) is 17.3. The van der Waals surface area contributed by atoms with Crippen molar-refractivity contribution in [3.05, 3.63) is 118 Å². The lowest BCUT2D eigenvalue weighted by Crippen LogP contribution is -2.25. The molecule has 1 saturated carbocycles. The maximum absolute atomic E-state index is 13.2. The fourth-order valence-corrected chi connectivity index (χ4v) is 5.40. The van der Waals surface area contributed by atoms with Crippen LogP contribution in [0.25, 0.3) is 11.1 Å². The van der Waals surface area contributed by atoms with Crippen molar-refractivity contribution < 1.29 is 38.2 Å². The van der Waals surface area contributed by atoms with Gasteiger partial charge in [0.2, 0.25) is 5.91 Å². The van der Waals surface area contributed by atoms with Gasteiger partial charge < -0.3 is 30.6 Å². The monoisotopic (exact) mass is 715 g/mol.